The lowest BCUT2D eigenvalue weighted by Gasteiger charge is -1.96. The molecular weight excluding hydrogens is 204 g/mol. The number of methoxy groups -OCH3 is 1. The van der Waals surface area contributed by atoms with E-state index in [4.69, 9.17) is 0 Å². The summed E-state index contributed by atoms with van der Waals surface area (Å²) in [5.41, 5.74) is 3.30. The number of esters is 1. The molecule has 0 fully saturated rings. The zero-order valence-electron chi connectivity index (χ0n) is 9.15. The quantitative estimate of drug-likeness (QED) is 0.783. The summed E-state index contributed by atoms with van der Waals surface area (Å²) in [5, 5.41) is 0. The molecule has 0 aliphatic carbocycles. The number of H-pyrrole nitrogens is 1. The molecule has 0 aliphatic rings. The van der Waals surface area contributed by atoms with Crippen LogP contribution in [0.3, 0.4) is 0 Å². The van der Waals surface area contributed by atoms with Crippen LogP contribution in [0.25, 0.3) is 11.1 Å². The Kier molecular flexibility index (Phi) is 2.72. The maximum absolute atomic E-state index is 11.2. The number of aryl methyl sites for hydroxylation is 1. The number of hydrogen-bond acceptors (Lipinski definition) is 3. The van der Waals surface area contributed by atoms with Crippen LogP contribution in [0.4, 0.5) is 0 Å². The minimum atomic E-state index is -0.369. The first kappa shape index (κ1) is 10.4. The van der Waals surface area contributed by atoms with Crippen molar-refractivity contribution in [3.8, 4) is 11.1 Å². The summed E-state index contributed by atoms with van der Waals surface area (Å²) < 4.78 is 4.62. The summed E-state index contributed by atoms with van der Waals surface area (Å²) in [7, 11) is 1.36. The van der Waals surface area contributed by atoms with E-state index in [9.17, 15) is 4.79 Å². The fourth-order valence-corrected chi connectivity index (χ4v) is 1.43. The van der Waals surface area contributed by atoms with Gasteiger partial charge in [0.05, 0.1) is 7.11 Å². The van der Waals surface area contributed by atoms with Crippen molar-refractivity contribution in [2.75, 3.05) is 7.11 Å². The van der Waals surface area contributed by atoms with Gasteiger partial charge in [-0.3, -0.25) is 4.98 Å². The zero-order valence-corrected chi connectivity index (χ0v) is 9.15. The molecule has 16 heavy (non-hydrogen) atoms. The normalized spacial score (nSPS) is 10.1. The van der Waals surface area contributed by atoms with Gasteiger partial charge in [-0.25, -0.2) is 4.79 Å². The predicted octanol–water partition coefficient (Wildman–Crippen LogP) is 2.17. The van der Waals surface area contributed by atoms with E-state index < -0.39 is 0 Å². The molecule has 2 aromatic rings. The SMILES string of the molecule is COC(=O)c1cc(-c2ccc(C)nc2)c[nH]1. The Balaban J connectivity index is 2.31. The summed E-state index contributed by atoms with van der Waals surface area (Å²) in [6.07, 6.45) is 3.54. The van der Waals surface area contributed by atoms with Crippen molar-refractivity contribution in [3.05, 3.63) is 42.0 Å². The Labute approximate surface area is 93.3 Å². The third-order valence-electron chi connectivity index (χ3n) is 2.33. The molecular formula is C12H12N2O2. The van der Waals surface area contributed by atoms with Gasteiger partial charge in [0.2, 0.25) is 0 Å². The number of carbonyl (C=O) groups is 1. The first-order chi connectivity index (χ1) is 7.70. The van der Waals surface area contributed by atoms with Gasteiger partial charge >= 0.3 is 5.97 Å². The molecule has 2 rings (SSSR count). The third kappa shape index (κ3) is 1.95. The van der Waals surface area contributed by atoms with Crippen LogP contribution >= 0.6 is 0 Å². The fraction of sp³-hybridized carbons (Fsp3) is 0.167. The first-order valence-corrected chi connectivity index (χ1v) is 4.90. The van der Waals surface area contributed by atoms with Crippen LogP contribution < -0.4 is 0 Å². The van der Waals surface area contributed by atoms with Crippen molar-refractivity contribution < 1.29 is 9.53 Å². The van der Waals surface area contributed by atoms with Gasteiger partial charge in [0.25, 0.3) is 0 Å². The highest BCUT2D eigenvalue weighted by Crippen LogP contribution is 2.19. The minimum absolute atomic E-state index is 0.369. The zero-order chi connectivity index (χ0) is 11.5. The van der Waals surface area contributed by atoms with E-state index in [2.05, 4.69) is 14.7 Å². The van der Waals surface area contributed by atoms with Crippen LogP contribution in [0.15, 0.2) is 30.6 Å². The standard InChI is InChI=1S/C12H12N2O2/c1-8-3-4-9(6-13-8)10-5-11(14-7-10)12(15)16-2/h3-7,14H,1-2H3. The molecule has 2 aromatic heterocycles. The van der Waals surface area contributed by atoms with Crippen molar-refractivity contribution >= 4 is 5.97 Å². The van der Waals surface area contributed by atoms with Gasteiger partial charge in [-0.05, 0) is 19.1 Å². The maximum Gasteiger partial charge on any atom is 0.354 e. The Morgan fingerprint density at radius 2 is 2.19 bits per heavy atom. The molecule has 4 nitrogen and oxygen atoms in total. The molecule has 0 radical (unpaired) electrons. The van der Waals surface area contributed by atoms with E-state index in [1.807, 2.05) is 19.1 Å². The summed E-state index contributed by atoms with van der Waals surface area (Å²) in [6.45, 7) is 1.93. The van der Waals surface area contributed by atoms with Crippen molar-refractivity contribution in [1.29, 1.82) is 0 Å². The smallest absolute Gasteiger partial charge is 0.354 e. The number of hydrogen-bond donors (Lipinski definition) is 1. The van der Waals surface area contributed by atoms with Crippen LogP contribution in [-0.2, 0) is 4.74 Å². The lowest BCUT2D eigenvalue weighted by Crippen LogP contribution is -2.00. The van der Waals surface area contributed by atoms with Gasteiger partial charge in [-0.2, -0.15) is 0 Å². The summed E-state index contributed by atoms with van der Waals surface area (Å²) in [4.78, 5) is 18.3. The fourth-order valence-electron chi connectivity index (χ4n) is 1.43. The van der Waals surface area contributed by atoms with Crippen LogP contribution in [0.5, 0.6) is 0 Å². The second-order valence-corrected chi connectivity index (χ2v) is 3.48. The lowest BCUT2D eigenvalue weighted by atomic mass is 10.1. The van der Waals surface area contributed by atoms with E-state index in [-0.39, 0.29) is 5.97 Å². The summed E-state index contributed by atoms with van der Waals surface area (Å²) >= 11 is 0. The van der Waals surface area contributed by atoms with E-state index in [0.29, 0.717) is 5.69 Å². The molecule has 2 heterocycles. The Morgan fingerprint density at radius 3 is 2.81 bits per heavy atom. The van der Waals surface area contributed by atoms with Crippen LogP contribution in [0, 0.1) is 6.92 Å². The number of ether oxygens (including phenoxy) is 1. The molecule has 0 saturated carbocycles. The third-order valence-corrected chi connectivity index (χ3v) is 2.33. The molecule has 0 amide bonds. The van der Waals surface area contributed by atoms with Crippen molar-refractivity contribution in [3.63, 3.8) is 0 Å². The first-order valence-electron chi connectivity index (χ1n) is 4.90. The second kappa shape index (κ2) is 4.18. The molecule has 4 heteroatoms. The van der Waals surface area contributed by atoms with E-state index in [1.165, 1.54) is 7.11 Å². The molecule has 0 bridgehead atoms. The van der Waals surface area contributed by atoms with Gasteiger partial charge in [0.1, 0.15) is 5.69 Å². The van der Waals surface area contributed by atoms with Gasteiger partial charge in [-0.1, -0.05) is 6.07 Å². The largest absolute Gasteiger partial charge is 0.464 e. The van der Waals surface area contributed by atoms with E-state index >= 15 is 0 Å². The molecule has 0 saturated heterocycles. The summed E-state index contributed by atoms with van der Waals surface area (Å²) in [5.74, 6) is -0.369. The topological polar surface area (TPSA) is 55.0 Å². The van der Waals surface area contributed by atoms with Crippen molar-refractivity contribution in [2.45, 2.75) is 6.92 Å². The highest BCUT2D eigenvalue weighted by molar-refractivity contribution is 5.89. The van der Waals surface area contributed by atoms with Gasteiger partial charge in [0, 0.05) is 29.2 Å². The van der Waals surface area contributed by atoms with Crippen molar-refractivity contribution in [2.24, 2.45) is 0 Å². The number of pyridine rings is 1. The van der Waals surface area contributed by atoms with Crippen LogP contribution in [0.2, 0.25) is 0 Å². The van der Waals surface area contributed by atoms with E-state index in [0.717, 1.165) is 16.8 Å². The highest BCUT2D eigenvalue weighted by Gasteiger charge is 2.09. The number of carbonyl (C=O) groups excluding carboxylic acids is 1. The Morgan fingerprint density at radius 1 is 1.38 bits per heavy atom. The number of aromatic amines is 1. The lowest BCUT2D eigenvalue weighted by molar-refractivity contribution is 0.0595. The second-order valence-electron chi connectivity index (χ2n) is 3.48. The summed E-state index contributed by atoms with van der Waals surface area (Å²) in [6, 6.07) is 5.64. The number of nitrogens with one attached hydrogen (secondary N) is 1. The van der Waals surface area contributed by atoms with Crippen LogP contribution in [-0.4, -0.2) is 23.0 Å². The van der Waals surface area contributed by atoms with E-state index in [1.54, 1.807) is 18.5 Å². The maximum atomic E-state index is 11.2. The van der Waals surface area contributed by atoms with Gasteiger partial charge in [0.15, 0.2) is 0 Å². The molecule has 0 unspecified atom stereocenters. The van der Waals surface area contributed by atoms with Crippen LogP contribution in [0.1, 0.15) is 16.2 Å². The predicted molar refractivity (Wildman–Crippen MR) is 60.1 cm³/mol. The molecule has 0 aromatic carbocycles. The number of rotatable bonds is 2. The average molecular weight is 216 g/mol. The Hall–Kier alpha value is -2.10. The average Bonchev–Trinajstić information content (AvgIpc) is 2.78. The molecule has 1 N–H and O–H groups in total. The highest BCUT2D eigenvalue weighted by atomic mass is 16.5. The number of nitrogens with zero attached hydrogens (tertiary/aromatic N) is 1. The van der Waals surface area contributed by atoms with Gasteiger partial charge < -0.3 is 9.72 Å². The molecule has 82 valence electrons. The molecule has 0 spiro atoms. The minimum Gasteiger partial charge on any atom is -0.464 e. The Bertz CT molecular complexity index is 500. The molecule has 0 aliphatic heterocycles. The number of aromatic nitrogens is 2. The van der Waals surface area contributed by atoms with Crippen molar-refractivity contribution in [1.82, 2.24) is 9.97 Å². The van der Waals surface area contributed by atoms with Gasteiger partial charge in [-0.15, -0.1) is 0 Å². The molecule has 0 atom stereocenters. The monoisotopic (exact) mass is 216 g/mol.